The Hall–Kier alpha value is -3.17. The molecule has 1 aromatic carbocycles. The molecule has 0 spiro atoms. The van der Waals surface area contributed by atoms with Crippen molar-refractivity contribution in [2.24, 2.45) is 17.8 Å². The standard InChI is InChI=1S/C27H30ClN5O/c28-26-15-21(5-9-31-26)27(34)33-10-6-23(7-11-33)32-25-14-22(13-20-4-8-30-17-24(20)25)19-3-1-2-18(12-19)16-29/h1-5,8-9,12-14,20-21,23-24,26,30-32H,6-7,10-11,15,17H2. The number of carbonyl (C=O) groups is 1. The molecular weight excluding hydrogens is 446 g/mol. The quantitative estimate of drug-likeness (QED) is 0.459. The molecule has 7 heteroatoms. The van der Waals surface area contributed by atoms with Crippen molar-refractivity contribution in [2.45, 2.75) is 30.8 Å². The van der Waals surface area contributed by atoms with Crippen molar-refractivity contribution in [3.05, 3.63) is 77.8 Å². The van der Waals surface area contributed by atoms with Crippen molar-refractivity contribution in [1.82, 2.24) is 20.9 Å². The molecule has 0 radical (unpaired) electrons. The average molecular weight is 476 g/mol. The molecule has 1 aromatic rings. The van der Waals surface area contributed by atoms with Crippen molar-refractivity contribution in [2.75, 3.05) is 19.6 Å². The maximum absolute atomic E-state index is 12.9. The summed E-state index contributed by atoms with van der Waals surface area (Å²) in [5.41, 5.74) is 3.94. The van der Waals surface area contributed by atoms with E-state index in [2.05, 4.69) is 46.3 Å². The molecule has 3 aliphatic heterocycles. The lowest BCUT2D eigenvalue weighted by molar-refractivity contribution is -0.135. The van der Waals surface area contributed by atoms with E-state index in [0.717, 1.165) is 43.6 Å². The number of likely N-dealkylation sites (tertiary alicyclic amines) is 1. The van der Waals surface area contributed by atoms with Gasteiger partial charge in [0.25, 0.3) is 0 Å². The van der Waals surface area contributed by atoms with Crippen LogP contribution < -0.4 is 16.0 Å². The van der Waals surface area contributed by atoms with E-state index in [0.29, 0.717) is 29.9 Å². The number of alkyl halides is 1. The van der Waals surface area contributed by atoms with E-state index in [1.807, 2.05) is 35.4 Å². The van der Waals surface area contributed by atoms with E-state index in [-0.39, 0.29) is 17.3 Å². The summed E-state index contributed by atoms with van der Waals surface area (Å²) < 4.78 is 0. The van der Waals surface area contributed by atoms with E-state index in [1.54, 1.807) is 6.20 Å². The third-order valence-electron chi connectivity index (χ3n) is 7.21. The fourth-order valence-electron chi connectivity index (χ4n) is 5.30. The highest BCUT2D eigenvalue weighted by molar-refractivity contribution is 6.20. The Kier molecular flexibility index (Phi) is 6.64. The number of hydrogen-bond acceptors (Lipinski definition) is 5. The Morgan fingerprint density at radius 2 is 2.06 bits per heavy atom. The van der Waals surface area contributed by atoms with Crippen LogP contribution in [0.4, 0.5) is 0 Å². The number of nitrogens with one attached hydrogen (secondary N) is 3. The second kappa shape index (κ2) is 9.99. The first-order valence-corrected chi connectivity index (χ1v) is 12.5. The highest BCUT2D eigenvalue weighted by Gasteiger charge is 2.32. The number of nitrogens with zero attached hydrogens (tertiary/aromatic N) is 2. The molecule has 0 saturated carbocycles. The number of rotatable bonds is 4. The third-order valence-corrected chi connectivity index (χ3v) is 7.51. The zero-order valence-corrected chi connectivity index (χ0v) is 19.8. The molecule has 1 fully saturated rings. The Morgan fingerprint density at radius 1 is 1.21 bits per heavy atom. The Labute approximate surface area is 206 Å². The lowest BCUT2D eigenvalue weighted by atomic mass is 9.79. The monoisotopic (exact) mass is 475 g/mol. The van der Waals surface area contributed by atoms with Crippen molar-refractivity contribution < 1.29 is 4.79 Å². The fraction of sp³-hybridized carbons (Fsp3) is 0.407. The summed E-state index contributed by atoms with van der Waals surface area (Å²) in [6.45, 7) is 2.41. The van der Waals surface area contributed by atoms with Crippen LogP contribution in [0.1, 0.15) is 30.4 Å². The zero-order valence-electron chi connectivity index (χ0n) is 19.1. The zero-order chi connectivity index (χ0) is 23.5. The molecule has 3 N–H and O–H groups in total. The number of halogens is 1. The molecule has 176 valence electrons. The minimum absolute atomic E-state index is 0.132. The van der Waals surface area contributed by atoms with Gasteiger partial charge >= 0.3 is 0 Å². The highest BCUT2D eigenvalue weighted by atomic mass is 35.5. The summed E-state index contributed by atoms with van der Waals surface area (Å²) in [5, 5.41) is 19.6. The van der Waals surface area contributed by atoms with Crippen LogP contribution in [0.5, 0.6) is 0 Å². The van der Waals surface area contributed by atoms with Gasteiger partial charge < -0.3 is 20.9 Å². The molecule has 0 aromatic heterocycles. The SMILES string of the molecule is N#Cc1cccc(C2=CC3C=CNCC3C(NC3CCN(C(=O)C4C=CNC(Cl)C4)CC3)=C2)c1. The van der Waals surface area contributed by atoms with Gasteiger partial charge in [0.05, 0.1) is 17.6 Å². The van der Waals surface area contributed by atoms with E-state index in [1.165, 1.54) is 5.70 Å². The second-order valence-electron chi connectivity index (χ2n) is 9.44. The van der Waals surface area contributed by atoms with Crippen molar-refractivity contribution in [1.29, 1.82) is 5.26 Å². The molecule has 34 heavy (non-hydrogen) atoms. The highest BCUT2D eigenvalue weighted by Crippen LogP contribution is 2.35. The molecule has 1 saturated heterocycles. The first kappa shape index (κ1) is 22.6. The van der Waals surface area contributed by atoms with Crippen LogP contribution in [0, 0.1) is 29.1 Å². The number of piperidine rings is 1. The van der Waals surface area contributed by atoms with Crippen LogP contribution in [0.2, 0.25) is 0 Å². The van der Waals surface area contributed by atoms with E-state index in [4.69, 9.17) is 11.6 Å². The molecule has 1 aliphatic carbocycles. The summed E-state index contributed by atoms with van der Waals surface area (Å²) in [6, 6.07) is 10.4. The van der Waals surface area contributed by atoms with Crippen LogP contribution in [0.15, 0.2) is 66.7 Å². The molecule has 4 aliphatic rings. The van der Waals surface area contributed by atoms with E-state index < -0.39 is 0 Å². The normalized spacial score (nSPS) is 28.5. The molecule has 4 atom stereocenters. The topological polar surface area (TPSA) is 80.2 Å². The van der Waals surface area contributed by atoms with Crippen LogP contribution in [-0.2, 0) is 4.79 Å². The molecular formula is C27H30ClN5O. The van der Waals surface area contributed by atoms with Gasteiger partial charge in [-0.3, -0.25) is 4.79 Å². The molecule has 6 nitrogen and oxygen atoms in total. The van der Waals surface area contributed by atoms with Gasteiger partial charge in [0.2, 0.25) is 5.91 Å². The number of allylic oxidation sites excluding steroid dienone is 4. The van der Waals surface area contributed by atoms with Crippen LogP contribution >= 0.6 is 11.6 Å². The predicted octanol–water partition coefficient (Wildman–Crippen LogP) is 3.46. The molecule has 1 amide bonds. The third kappa shape index (κ3) is 4.85. The number of benzene rings is 1. The maximum atomic E-state index is 12.9. The summed E-state index contributed by atoms with van der Waals surface area (Å²) in [5.74, 6) is 0.717. The van der Waals surface area contributed by atoms with E-state index in [9.17, 15) is 10.1 Å². The van der Waals surface area contributed by atoms with Crippen LogP contribution in [0.25, 0.3) is 5.57 Å². The number of carbonyl (C=O) groups excluding carboxylic acids is 1. The maximum Gasteiger partial charge on any atom is 0.229 e. The van der Waals surface area contributed by atoms with Gasteiger partial charge in [-0.15, -0.1) is 0 Å². The second-order valence-corrected chi connectivity index (χ2v) is 9.97. The first-order chi connectivity index (χ1) is 16.6. The van der Waals surface area contributed by atoms with Gasteiger partial charge in [-0.25, -0.2) is 0 Å². The minimum Gasteiger partial charge on any atom is -0.390 e. The summed E-state index contributed by atoms with van der Waals surface area (Å²) in [7, 11) is 0. The van der Waals surface area contributed by atoms with Gasteiger partial charge in [0, 0.05) is 43.2 Å². The average Bonchev–Trinajstić information content (AvgIpc) is 2.88. The molecule has 4 unspecified atom stereocenters. The fourth-order valence-corrected chi connectivity index (χ4v) is 5.57. The summed E-state index contributed by atoms with van der Waals surface area (Å²) >= 11 is 6.18. The molecule has 5 rings (SSSR count). The Morgan fingerprint density at radius 3 is 2.85 bits per heavy atom. The summed E-state index contributed by atoms with van der Waals surface area (Å²) in [4.78, 5) is 14.9. The van der Waals surface area contributed by atoms with Gasteiger partial charge in [-0.2, -0.15) is 5.26 Å². The molecule has 0 bridgehead atoms. The lowest BCUT2D eigenvalue weighted by Crippen LogP contribution is -2.48. The number of nitriles is 1. The van der Waals surface area contributed by atoms with Crippen LogP contribution in [0.3, 0.4) is 0 Å². The van der Waals surface area contributed by atoms with Crippen LogP contribution in [-0.4, -0.2) is 42.0 Å². The predicted molar refractivity (Wildman–Crippen MR) is 134 cm³/mol. The largest absolute Gasteiger partial charge is 0.390 e. The Balaban J connectivity index is 1.27. The van der Waals surface area contributed by atoms with Crippen molar-refractivity contribution in [3.8, 4) is 6.07 Å². The van der Waals surface area contributed by atoms with Gasteiger partial charge in [0.1, 0.15) is 5.50 Å². The number of hydrogen-bond donors (Lipinski definition) is 3. The number of fused-ring (bicyclic) bond motifs is 1. The smallest absolute Gasteiger partial charge is 0.229 e. The minimum atomic E-state index is -0.182. The lowest BCUT2D eigenvalue weighted by Gasteiger charge is -2.39. The Bertz CT molecular complexity index is 1090. The van der Waals surface area contributed by atoms with Gasteiger partial charge in [0.15, 0.2) is 0 Å². The summed E-state index contributed by atoms with van der Waals surface area (Å²) in [6.07, 6.45) is 15.0. The van der Waals surface area contributed by atoms with Crippen molar-refractivity contribution in [3.63, 3.8) is 0 Å². The first-order valence-electron chi connectivity index (χ1n) is 12.1. The van der Waals surface area contributed by atoms with Gasteiger partial charge in [-0.1, -0.05) is 42.0 Å². The number of amides is 1. The van der Waals surface area contributed by atoms with Crippen molar-refractivity contribution >= 4 is 23.1 Å². The van der Waals surface area contributed by atoms with Gasteiger partial charge in [-0.05, 0) is 61.0 Å². The molecule has 3 heterocycles. The van der Waals surface area contributed by atoms with E-state index >= 15 is 0 Å².